The van der Waals surface area contributed by atoms with Gasteiger partial charge in [-0.15, -0.1) is 0 Å². The van der Waals surface area contributed by atoms with Crippen LogP contribution in [0.3, 0.4) is 0 Å². The van der Waals surface area contributed by atoms with Gasteiger partial charge in [0.1, 0.15) is 5.75 Å². The highest BCUT2D eigenvalue weighted by atomic mass is 79.9. The van der Waals surface area contributed by atoms with E-state index in [0.717, 1.165) is 15.8 Å². The molecule has 0 saturated heterocycles. The van der Waals surface area contributed by atoms with E-state index in [9.17, 15) is 4.79 Å². The van der Waals surface area contributed by atoms with Gasteiger partial charge < -0.3 is 9.64 Å². The maximum Gasteiger partial charge on any atom is 0.225 e. The van der Waals surface area contributed by atoms with E-state index in [-0.39, 0.29) is 5.91 Å². The molecule has 114 valence electrons. The topological polar surface area (TPSA) is 53.3 Å². The molecule has 0 aliphatic carbocycles. The zero-order valence-electron chi connectivity index (χ0n) is 12.7. The van der Waals surface area contributed by atoms with Crippen molar-refractivity contribution in [2.75, 3.05) is 20.2 Å². The van der Waals surface area contributed by atoms with Gasteiger partial charge in [0.05, 0.1) is 25.5 Å². The number of rotatable bonds is 7. The second-order valence-corrected chi connectivity index (χ2v) is 6.07. The number of amides is 1. The van der Waals surface area contributed by atoms with Crippen LogP contribution in [0.2, 0.25) is 0 Å². The van der Waals surface area contributed by atoms with Crippen LogP contribution in [0.25, 0.3) is 0 Å². The van der Waals surface area contributed by atoms with E-state index in [1.165, 1.54) is 0 Å². The predicted octanol–water partition coefficient (Wildman–Crippen LogP) is 3.71. The Morgan fingerprint density at radius 3 is 2.81 bits per heavy atom. The van der Waals surface area contributed by atoms with E-state index in [2.05, 4.69) is 29.8 Å². The van der Waals surface area contributed by atoms with Crippen LogP contribution < -0.4 is 4.74 Å². The van der Waals surface area contributed by atoms with E-state index in [1.54, 1.807) is 11.9 Å². The third kappa shape index (κ3) is 5.76. The number of benzene rings is 1. The summed E-state index contributed by atoms with van der Waals surface area (Å²) < 4.78 is 6.76. The van der Waals surface area contributed by atoms with Gasteiger partial charge in [-0.3, -0.25) is 4.79 Å². The van der Waals surface area contributed by atoms with E-state index in [1.807, 2.05) is 24.3 Å². The lowest BCUT2D eigenvalue weighted by molar-refractivity contribution is -0.130. The SMILES string of the molecule is CC(C)c1cc(Br)ccc1OCCC(=O)N(C)CCC#N. The molecule has 1 rings (SSSR count). The summed E-state index contributed by atoms with van der Waals surface area (Å²) in [6, 6.07) is 7.93. The summed E-state index contributed by atoms with van der Waals surface area (Å²) in [6.45, 7) is 5.02. The van der Waals surface area contributed by atoms with Gasteiger partial charge in [0.25, 0.3) is 0 Å². The molecule has 0 fully saturated rings. The van der Waals surface area contributed by atoms with Gasteiger partial charge in [-0.2, -0.15) is 5.26 Å². The van der Waals surface area contributed by atoms with Gasteiger partial charge in [-0.05, 0) is 29.7 Å². The Kier molecular flexibility index (Phi) is 7.24. The number of halogens is 1. The van der Waals surface area contributed by atoms with Crippen LogP contribution >= 0.6 is 15.9 Å². The Morgan fingerprint density at radius 2 is 2.19 bits per heavy atom. The summed E-state index contributed by atoms with van der Waals surface area (Å²) in [5.41, 5.74) is 1.12. The van der Waals surface area contributed by atoms with Crippen molar-refractivity contribution in [1.82, 2.24) is 4.90 Å². The number of carbonyl (C=O) groups is 1. The van der Waals surface area contributed by atoms with E-state index in [4.69, 9.17) is 10.00 Å². The molecule has 0 saturated carbocycles. The normalized spacial score (nSPS) is 10.3. The minimum atomic E-state index is -0.00606. The van der Waals surface area contributed by atoms with Gasteiger partial charge in [-0.1, -0.05) is 29.8 Å². The van der Waals surface area contributed by atoms with Crippen molar-refractivity contribution >= 4 is 21.8 Å². The Morgan fingerprint density at radius 1 is 1.48 bits per heavy atom. The van der Waals surface area contributed by atoms with Gasteiger partial charge in [-0.25, -0.2) is 0 Å². The molecule has 1 aromatic rings. The Balaban J connectivity index is 2.53. The molecular formula is C16H21BrN2O2. The van der Waals surface area contributed by atoms with E-state index < -0.39 is 0 Å². The number of nitriles is 1. The number of nitrogens with zero attached hydrogens (tertiary/aromatic N) is 2. The van der Waals surface area contributed by atoms with Gasteiger partial charge in [0, 0.05) is 18.1 Å². The molecule has 0 radical (unpaired) electrons. The lowest BCUT2D eigenvalue weighted by Gasteiger charge is -2.17. The molecule has 0 spiro atoms. The summed E-state index contributed by atoms with van der Waals surface area (Å²) >= 11 is 3.46. The molecule has 0 unspecified atom stereocenters. The molecule has 0 aliphatic rings. The fraction of sp³-hybridized carbons (Fsp3) is 0.500. The second kappa shape index (κ2) is 8.68. The summed E-state index contributed by atoms with van der Waals surface area (Å²) in [7, 11) is 1.71. The quantitative estimate of drug-likeness (QED) is 0.751. The fourth-order valence-corrected chi connectivity index (χ4v) is 2.26. The van der Waals surface area contributed by atoms with Crippen molar-refractivity contribution in [2.45, 2.75) is 32.6 Å². The van der Waals surface area contributed by atoms with Crippen LogP contribution in [-0.2, 0) is 4.79 Å². The monoisotopic (exact) mass is 352 g/mol. The molecule has 5 heteroatoms. The first-order valence-corrected chi connectivity index (χ1v) is 7.78. The molecule has 0 atom stereocenters. The molecule has 1 amide bonds. The summed E-state index contributed by atoms with van der Waals surface area (Å²) in [6.07, 6.45) is 0.669. The lowest BCUT2D eigenvalue weighted by Crippen LogP contribution is -2.28. The Labute approximate surface area is 134 Å². The Hall–Kier alpha value is -1.54. The average Bonchev–Trinajstić information content (AvgIpc) is 2.45. The highest BCUT2D eigenvalue weighted by Gasteiger charge is 2.11. The van der Waals surface area contributed by atoms with Crippen molar-refractivity contribution in [3.8, 4) is 11.8 Å². The minimum absolute atomic E-state index is 0.00606. The fourth-order valence-electron chi connectivity index (χ4n) is 1.88. The summed E-state index contributed by atoms with van der Waals surface area (Å²) in [5, 5.41) is 8.51. The summed E-state index contributed by atoms with van der Waals surface area (Å²) in [4.78, 5) is 13.4. The van der Waals surface area contributed by atoms with Crippen LogP contribution in [0, 0.1) is 11.3 Å². The summed E-state index contributed by atoms with van der Waals surface area (Å²) in [5.74, 6) is 1.17. The van der Waals surface area contributed by atoms with Crippen LogP contribution in [0.4, 0.5) is 0 Å². The van der Waals surface area contributed by atoms with Crippen molar-refractivity contribution in [3.05, 3.63) is 28.2 Å². The van der Waals surface area contributed by atoms with Crippen LogP contribution in [0.5, 0.6) is 5.75 Å². The number of hydrogen-bond donors (Lipinski definition) is 0. The number of carbonyl (C=O) groups excluding carboxylic acids is 1. The van der Waals surface area contributed by atoms with Crippen molar-refractivity contribution in [3.63, 3.8) is 0 Å². The van der Waals surface area contributed by atoms with Crippen LogP contribution in [0.1, 0.15) is 38.2 Å². The average molecular weight is 353 g/mol. The first-order chi connectivity index (χ1) is 9.95. The third-order valence-electron chi connectivity index (χ3n) is 3.15. The van der Waals surface area contributed by atoms with E-state index in [0.29, 0.717) is 31.9 Å². The second-order valence-electron chi connectivity index (χ2n) is 5.16. The molecule has 4 nitrogen and oxygen atoms in total. The minimum Gasteiger partial charge on any atom is -0.493 e. The predicted molar refractivity (Wildman–Crippen MR) is 86.2 cm³/mol. The van der Waals surface area contributed by atoms with Crippen molar-refractivity contribution in [1.29, 1.82) is 5.26 Å². The van der Waals surface area contributed by atoms with Crippen LogP contribution in [-0.4, -0.2) is 31.0 Å². The molecule has 1 aromatic carbocycles. The molecule has 0 heterocycles. The highest BCUT2D eigenvalue weighted by molar-refractivity contribution is 9.10. The van der Waals surface area contributed by atoms with Crippen molar-refractivity contribution < 1.29 is 9.53 Å². The molecule has 0 bridgehead atoms. The number of ether oxygens (including phenoxy) is 1. The zero-order valence-corrected chi connectivity index (χ0v) is 14.3. The maximum absolute atomic E-state index is 11.8. The third-order valence-corrected chi connectivity index (χ3v) is 3.65. The lowest BCUT2D eigenvalue weighted by atomic mass is 10.0. The number of hydrogen-bond acceptors (Lipinski definition) is 3. The standard InChI is InChI=1S/C16H21BrN2O2/c1-12(2)14-11-13(17)5-6-15(14)21-10-7-16(20)19(3)9-4-8-18/h5-6,11-12H,4,7,9-10H2,1-3H3. The molecule has 0 N–H and O–H groups in total. The molecule has 0 aliphatic heterocycles. The van der Waals surface area contributed by atoms with Gasteiger partial charge in [0.15, 0.2) is 0 Å². The highest BCUT2D eigenvalue weighted by Crippen LogP contribution is 2.29. The smallest absolute Gasteiger partial charge is 0.225 e. The van der Waals surface area contributed by atoms with Gasteiger partial charge in [0.2, 0.25) is 5.91 Å². The Bertz CT molecular complexity index is 523. The van der Waals surface area contributed by atoms with Crippen LogP contribution in [0.15, 0.2) is 22.7 Å². The molecular weight excluding hydrogens is 332 g/mol. The molecule has 21 heavy (non-hydrogen) atoms. The largest absolute Gasteiger partial charge is 0.493 e. The van der Waals surface area contributed by atoms with Gasteiger partial charge >= 0.3 is 0 Å². The first-order valence-electron chi connectivity index (χ1n) is 6.99. The van der Waals surface area contributed by atoms with E-state index >= 15 is 0 Å². The maximum atomic E-state index is 11.8. The molecule has 0 aromatic heterocycles. The first kappa shape index (κ1) is 17.5. The zero-order chi connectivity index (χ0) is 15.8. The van der Waals surface area contributed by atoms with Crippen molar-refractivity contribution in [2.24, 2.45) is 0 Å².